The van der Waals surface area contributed by atoms with E-state index in [0.29, 0.717) is 17.4 Å². The van der Waals surface area contributed by atoms with E-state index >= 15 is 8.78 Å². The van der Waals surface area contributed by atoms with E-state index in [2.05, 4.69) is 13.0 Å². The average Bonchev–Trinajstić information content (AvgIpc) is 2.96. The van der Waals surface area contributed by atoms with Crippen molar-refractivity contribution in [2.45, 2.75) is 83.7 Å². The van der Waals surface area contributed by atoms with E-state index in [4.69, 9.17) is 0 Å². The fourth-order valence-corrected chi connectivity index (χ4v) is 6.94. The van der Waals surface area contributed by atoms with Gasteiger partial charge in [0.05, 0.1) is 11.1 Å². The third-order valence-corrected chi connectivity index (χ3v) is 9.28. The van der Waals surface area contributed by atoms with E-state index in [1.165, 1.54) is 81.6 Å². The molecule has 0 aliphatic heterocycles. The molecule has 2 aliphatic rings. The quantitative estimate of drug-likeness (QED) is 0.144. The highest BCUT2D eigenvalue weighted by atomic mass is 19.4. The number of unbranched alkanes of at least 4 members (excludes halogenated alkanes) is 2. The molecule has 0 radical (unpaired) electrons. The Bertz CT molecular complexity index is 1540. The minimum Gasteiger partial charge on any atom is -0.206 e. The van der Waals surface area contributed by atoms with Crippen LogP contribution in [0.2, 0.25) is 0 Å². The first-order valence-corrected chi connectivity index (χ1v) is 15.2. The maximum Gasteiger partial charge on any atom is 0.458 e. The normalized spacial score (nSPS) is 20.9. The molecule has 1 atom stereocenters. The van der Waals surface area contributed by atoms with Gasteiger partial charge in [0.25, 0.3) is 0 Å². The maximum atomic E-state index is 15.4. The van der Waals surface area contributed by atoms with Gasteiger partial charge in [-0.3, -0.25) is 0 Å². The van der Waals surface area contributed by atoms with Crippen LogP contribution in [0, 0.1) is 52.9 Å². The lowest BCUT2D eigenvalue weighted by molar-refractivity contribution is -0.0696. The van der Waals surface area contributed by atoms with Crippen molar-refractivity contribution in [1.82, 2.24) is 0 Å². The summed E-state index contributed by atoms with van der Waals surface area (Å²) < 4.78 is 97.3. The van der Waals surface area contributed by atoms with Gasteiger partial charge in [-0.2, -0.15) is 13.2 Å². The molecule has 0 saturated heterocycles. The monoisotopic (exact) mass is 600 g/mol. The predicted molar refractivity (Wildman–Crippen MR) is 157 cm³/mol. The highest BCUT2D eigenvalue weighted by Gasteiger charge is 2.29. The fourth-order valence-electron chi connectivity index (χ4n) is 6.94. The van der Waals surface area contributed by atoms with E-state index < -0.39 is 35.0 Å². The molecule has 1 unspecified atom stereocenters. The Morgan fingerprint density at radius 3 is 2.14 bits per heavy atom. The standard InChI is InChI=1S/C36H35F7/c1-2-3-4-5-22-6-8-23(9-7-22)24-10-12-25(13-11-24)27-19-32(38)34(33(39)20-27)26-14-15-29-28(18-26)21-31(37)30(35(29)40)16-17-36(41,42)43/h12,14-15,18-24H,2-11,13H2,1H3. The number of allylic oxidation sites excluding steroid dienone is 2. The number of alkyl halides is 3. The topological polar surface area (TPSA) is 0 Å². The van der Waals surface area contributed by atoms with Crippen LogP contribution in [0.5, 0.6) is 0 Å². The first-order chi connectivity index (χ1) is 20.5. The molecule has 0 N–H and O–H groups in total. The lowest BCUT2D eigenvalue weighted by atomic mass is 9.70. The second-order valence-corrected chi connectivity index (χ2v) is 12.1. The van der Waals surface area contributed by atoms with Crippen molar-refractivity contribution >= 4 is 16.3 Å². The Morgan fingerprint density at radius 2 is 1.51 bits per heavy atom. The highest BCUT2D eigenvalue weighted by Crippen LogP contribution is 2.43. The second kappa shape index (κ2) is 13.2. The number of hydrogen-bond donors (Lipinski definition) is 0. The van der Waals surface area contributed by atoms with Crippen LogP contribution < -0.4 is 0 Å². The first-order valence-electron chi connectivity index (χ1n) is 15.2. The van der Waals surface area contributed by atoms with Crippen LogP contribution in [0.1, 0.15) is 88.7 Å². The van der Waals surface area contributed by atoms with Crippen LogP contribution in [0.4, 0.5) is 30.7 Å². The summed E-state index contributed by atoms with van der Waals surface area (Å²) in [5, 5.41) is -0.259. The van der Waals surface area contributed by atoms with Gasteiger partial charge in [-0.25, -0.2) is 17.6 Å². The lowest BCUT2D eigenvalue weighted by Gasteiger charge is -2.35. The minimum absolute atomic E-state index is 0.0519. The summed E-state index contributed by atoms with van der Waals surface area (Å²) in [7, 11) is 0. The van der Waals surface area contributed by atoms with E-state index in [1.54, 1.807) is 0 Å². The largest absolute Gasteiger partial charge is 0.458 e. The molecular weight excluding hydrogens is 565 g/mol. The van der Waals surface area contributed by atoms with Gasteiger partial charge in [-0.15, -0.1) is 0 Å². The van der Waals surface area contributed by atoms with Crippen LogP contribution in [0.15, 0.2) is 42.5 Å². The Balaban J connectivity index is 1.31. The van der Waals surface area contributed by atoms with Crippen molar-refractivity contribution in [2.75, 3.05) is 0 Å². The van der Waals surface area contributed by atoms with E-state index in [-0.39, 0.29) is 21.9 Å². The average molecular weight is 601 g/mol. The molecule has 3 aromatic carbocycles. The molecule has 43 heavy (non-hydrogen) atoms. The molecule has 0 heterocycles. The van der Waals surface area contributed by atoms with Gasteiger partial charge in [-0.05, 0) is 96.2 Å². The van der Waals surface area contributed by atoms with E-state index in [0.717, 1.165) is 48.8 Å². The number of rotatable bonds is 7. The highest BCUT2D eigenvalue weighted by molar-refractivity contribution is 5.89. The summed E-state index contributed by atoms with van der Waals surface area (Å²) in [6, 6.07) is 7.05. The van der Waals surface area contributed by atoms with E-state index in [9.17, 15) is 22.0 Å². The van der Waals surface area contributed by atoms with Gasteiger partial charge in [0.15, 0.2) is 0 Å². The summed E-state index contributed by atoms with van der Waals surface area (Å²) in [6.07, 6.45) is 10.3. The molecule has 3 aromatic rings. The number of benzene rings is 3. The zero-order valence-corrected chi connectivity index (χ0v) is 24.2. The van der Waals surface area contributed by atoms with E-state index in [1.807, 2.05) is 0 Å². The van der Waals surface area contributed by atoms with Gasteiger partial charge in [0, 0.05) is 11.3 Å². The summed E-state index contributed by atoms with van der Waals surface area (Å²) in [4.78, 5) is 0. The second-order valence-electron chi connectivity index (χ2n) is 12.1. The molecule has 0 spiro atoms. The molecule has 0 aromatic heterocycles. The molecule has 1 saturated carbocycles. The summed E-state index contributed by atoms with van der Waals surface area (Å²) in [6.45, 7) is 2.24. The Labute approximate surface area is 248 Å². The van der Waals surface area contributed by atoms with Crippen molar-refractivity contribution < 1.29 is 30.7 Å². The summed E-state index contributed by atoms with van der Waals surface area (Å²) >= 11 is 0. The van der Waals surface area contributed by atoms with Gasteiger partial charge in [0.2, 0.25) is 0 Å². The fraction of sp³-hybridized carbons (Fsp3) is 0.444. The van der Waals surface area contributed by atoms with Gasteiger partial charge < -0.3 is 0 Å². The Kier molecular flexibility index (Phi) is 9.54. The Morgan fingerprint density at radius 1 is 0.791 bits per heavy atom. The van der Waals surface area contributed by atoms with Crippen LogP contribution in [-0.4, -0.2) is 6.18 Å². The van der Waals surface area contributed by atoms with Crippen molar-refractivity contribution in [3.8, 4) is 23.0 Å². The smallest absolute Gasteiger partial charge is 0.206 e. The van der Waals surface area contributed by atoms with Gasteiger partial charge in [-0.1, -0.05) is 69.6 Å². The molecule has 5 rings (SSSR count). The molecular formula is C36H35F7. The van der Waals surface area contributed by atoms with Crippen LogP contribution in [0.25, 0.3) is 27.5 Å². The number of hydrogen-bond acceptors (Lipinski definition) is 0. The summed E-state index contributed by atoms with van der Waals surface area (Å²) in [5.41, 5.74) is 0.117. The third kappa shape index (κ3) is 7.28. The van der Waals surface area contributed by atoms with Gasteiger partial charge in [0.1, 0.15) is 23.3 Å². The molecule has 0 nitrogen and oxygen atoms in total. The van der Waals surface area contributed by atoms with Crippen molar-refractivity contribution in [1.29, 1.82) is 0 Å². The molecule has 228 valence electrons. The van der Waals surface area contributed by atoms with Crippen LogP contribution in [0.3, 0.4) is 0 Å². The predicted octanol–water partition coefficient (Wildman–Crippen LogP) is 11.5. The first kappa shape index (κ1) is 31.2. The van der Waals surface area contributed by atoms with Crippen molar-refractivity contribution in [3.05, 3.63) is 76.9 Å². The van der Waals surface area contributed by atoms with Gasteiger partial charge >= 0.3 is 6.18 Å². The zero-order chi connectivity index (χ0) is 30.7. The molecule has 7 heteroatoms. The third-order valence-electron chi connectivity index (χ3n) is 9.28. The van der Waals surface area contributed by atoms with Crippen LogP contribution in [-0.2, 0) is 0 Å². The molecule has 1 fully saturated rings. The van der Waals surface area contributed by atoms with Crippen molar-refractivity contribution in [3.63, 3.8) is 0 Å². The SMILES string of the molecule is CCCCCC1CCC(C2CC=C(c3cc(F)c(-c4ccc5c(F)c(C#CC(F)(F)F)c(F)cc5c4)c(F)c3)CC2)CC1. The Hall–Kier alpha value is -3.27. The molecule has 0 amide bonds. The molecule has 0 bridgehead atoms. The van der Waals surface area contributed by atoms with Crippen molar-refractivity contribution in [2.24, 2.45) is 17.8 Å². The number of halogens is 7. The number of fused-ring (bicyclic) bond motifs is 1. The zero-order valence-electron chi connectivity index (χ0n) is 24.2. The molecule has 2 aliphatic carbocycles. The minimum atomic E-state index is -4.92. The van der Waals surface area contributed by atoms with Crippen LogP contribution >= 0.6 is 0 Å². The summed E-state index contributed by atoms with van der Waals surface area (Å²) in [5.74, 6) is 0.379. The maximum absolute atomic E-state index is 15.4. The lowest BCUT2D eigenvalue weighted by Crippen LogP contribution is -2.23.